The molecule has 0 aliphatic heterocycles. The molecular formula is C13H15NO4S2. The van der Waals surface area contributed by atoms with E-state index >= 15 is 0 Å². The van der Waals surface area contributed by atoms with Gasteiger partial charge in [-0.2, -0.15) is 12.6 Å². The molecule has 2 N–H and O–H groups in total. The molecule has 0 saturated carbocycles. The lowest BCUT2D eigenvalue weighted by Gasteiger charge is -2.11. The lowest BCUT2D eigenvalue weighted by atomic mass is 10.2. The molecule has 0 aliphatic carbocycles. The molecule has 0 heterocycles. The van der Waals surface area contributed by atoms with Gasteiger partial charge in [0.1, 0.15) is 6.04 Å². The molecule has 0 saturated heterocycles. The van der Waals surface area contributed by atoms with Crippen LogP contribution in [0.25, 0.3) is 0 Å². The van der Waals surface area contributed by atoms with Crippen molar-refractivity contribution < 1.29 is 19.5 Å². The summed E-state index contributed by atoms with van der Waals surface area (Å²) < 4.78 is 0. The number of rotatable bonds is 7. The maximum absolute atomic E-state index is 11.7. The van der Waals surface area contributed by atoms with Crippen molar-refractivity contribution in [1.82, 2.24) is 5.32 Å². The number of hydrogen-bond donors (Lipinski definition) is 3. The lowest BCUT2D eigenvalue weighted by molar-refractivity contribution is -0.141. The van der Waals surface area contributed by atoms with E-state index in [4.69, 9.17) is 5.11 Å². The normalized spacial score (nSPS) is 11.7. The molecule has 5 nitrogen and oxygen atoms in total. The van der Waals surface area contributed by atoms with E-state index < -0.39 is 17.9 Å². The standard InChI is InChI=1S/C13H15NO4S2/c15-11(14-10(8-19)12(16)17)6-7-20-13(18)9-4-2-1-3-5-9/h1-5,10,19H,6-8H2,(H,14,15)(H,16,17)/t10-/m0/s1. The van der Waals surface area contributed by atoms with Gasteiger partial charge in [0.05, 0.1) is 0 Å². The van der Waals surface area contributed by atoms with E-state index in [0.29, 0.717) is 11.3 Å². The van der Waals surface area contributed by atoms with Crippen LogP contribution in [0, 0.1) is 0 Å². The van der Waals surface area contributed by atoms with E-state index in [1.807, 2.05) is 6.07 Å². The first-order chi connectivity index (χ1) is 9.54. The number of amides is 1. The number of thiol groups is 1. The van der Waals surface area contributed by atoms with Gasteiger partial charge in [0.25, 0.3) is 0 Å². The zero-order valence-corrected chi connectivity index (χ0v) is 12.3. The van der Waals surface area contributed by atoms with Crippen molar-refractivity contribution in [2.45, 2.75) is 12.5 Å². The second-order valence-corrected chi connectivity index (χ2v) is 5.33. The maximum Gasteiger partial charge on any atom is 0.327 e. The van der Waals surface area contributed by atoms with E-state index in [1.165, 1.54) is 0 Å². The SMILES string of the molecule is O=C(CCSC(=O)c1ccccc1)N[C@@H](CS)C(=O)O. The van der Waals surface area contributed by atoms with Crippen LogP contribution in [0.15, 0.2) is 30.3 Å². The predicted molar refractivity (Wildman–Crippen MR) is 81.3 cm³/mol. The van der Waals surface area contributed by atoms with Gasteiger partial charge in [-0.25, -0.2) is 4.79 Å². The first-order valence-electron chi connectivity index (χ1n) is 5.89. The van der Waals surface area contributed by atoms with E-state index in [9.17, 15) is 14.4 Å². The van der Waals surface area contributed by atoms with Gasteiger partial charge >= 0.3 is 5.97 Å². The number of thioether (sulfide) groups is 1. The number of carboxylic acids is 1. The van der Waals surface area contributed by atoms with Crippen molar-refractivity contribution in [2.75, 3.05) is 11.5 Å². The molecule has 0 aliphatic rings. The minimum Gasteiger partial charge on any atom is -0.480 e. The Morgan fingerprint density at radius 1 is 1.25 bits per heavy atom. The number of hydrogen-bond acceptors (Lipinski definition) is 5. The summed E-state index contributed by atoms with van der Waals surface area (Å²) in [6.45, 7) is 0. The van der Waals surface area contributed by atoms with Gasteiger partial charge in [0, 0.05) is 23.5 Å². The molecule has 0 spiro atoms. The Morgan fingerprint density at radius 2 is 1.90 bits per heavy atom. The highest BCUT2D eigenvalue weighted by atomic mass is 32.2. The monoisotopic (exact) mass is 313 g/mol. The van der Waals surface area contributed by atoms with E-state index in [2.05, 4.69) is 17.9 Å². The Kier molecular flexibility index (Phi) is 7.17. The van der Waals surface area contributed by atoms with Gasteiger partial charge in [-0.3, -0.25) is 9.59 Å². The maximum atomic E-state index is 11.7. The van der Waals surface area contributed by atoms with Crippen molar-refractivity contribution in [3.63, 3.8) is 0 Å². The Bertz CT molecular complexity index is 479. The molecular weight excluding hydrogens is 298 g/mol. The third-order valence-corrected chi connectivity index (χ3v) is 3.66. The average Bonchev–Trinajstić information content (AvgIpc) is 2.45. The molecule has 0 radical (unpaired) electrons. The van der Waals surface area contributed by atoms with Crippen LogP contribution < -0.4 is 5.32 Å². The third kappa shape index (κ3) is 5.66. The van der Waals surface area contributed by atoms with Gasteiger partial charge in [-0.15, -0.1) is 0 Å². The quantitative estimate of drug-likeness (QED) is 0.664. The summed E-state index contributed by atoms with van der Waals surface area (Å²) in [6, 6.07) is 7.77. The number of nitrogens with one attached hydrogen (secondary N) is 1. The van der Waals surface area contributed by atoms with Gasteiger partial charge in [0.2, 0.25) is 11.0 Å². The van der Waals surface area contributed by atoms with Crippen LogP contribution in [0.1, 0.15) is 16.8 Å². The van der Waals surface area contributed by atoms with Crippen molar-refractivity contribution in [3.8, 4) is 0 Å². The molecule has 7 heteroatoms. The van der Waals surface area contributed by atoms with Gasteiger partial charge < -0.3 is 10.4 Å². The molecule has 20 heavy (non-hydrogen) atoms. The lowest BCUT2D eigenvalue weighted by Crippen LogP contribution is -2.42. The highest BCUT2D eigenvalue weighted by Crippen LogP contribution is 2.12. The second kappa shape index (κ2) is 8.65. The zero-order valence-electron chi connectivity index (χ0n) is 10.6. The number of carboxylic acid groups (broad SMARTS) is 1. The molecule has 1 aromatic rings. The Balaban J connectivity index is 2.32. The second-order valence-electron chi connectivity index (χ2n) is 3.89. The van der Waals surface area contributed by atoms with Gasteiger partial charge in [0.15, 0.2) is 0 Å². The molecule has 1 atom stereocenters. The average molecular weight is 313 g/mol. The van der Waals surface area contributed by atoms with Crippen LogP contribution in [0.4, 0.5) is 0 Å². The van der Waals surface area contributed by atoms with Crippen molar-refractivity contribution in [3.05, 3.63) is 35.9 Å². The fourth-order valence-electron chi connectivity index (χ4n) is 1.35. The molecule has 0 fully saturated rings. The Hall–Kier alpha value is -1.47. The molecule has 1 amide bonds. The number of benzene rings is 1. The topological polar surface area (TPSA) is 83.5 Å². The Morgan fingerprint density at radius 3 is 2.45 bits per heavy atom. The molecule has 1 aromatic carbocycles. The smallest absolute Gasteiger partial charge is 0.327 e. The van der Waals surface area contributed by atoms with E-state index in [-0.39, 0.29) is 17.3 Å². The minimum absolute atomic E-state index is 0.0250. The fraction of sp³-hybridized carbons (Fsp3) is 0.308. The van der Waals surface area contributed by atoms with Gasteiger partial charge in [-0.05, 0) is 0 Å². The molecule has 0 aromatic heterocycles. The highest BCUT2D eigenvalue weighted by Gasteiger charge is 2.18. The summed E-state index contributed by atoms with van der Waals surface area (Å²) in [5, 5.41) is 11.0. The van der Waals surface area contributed by atoms with Crippen LogP contribution in [-0.4, -0.2) is 39.6 Å². The van der Waals surface area contributed by atoms with E-state index in [0.717, 1.165) is 11.8 Å². The van der Waals surface area contributed by atoms with Crippen LogP contribution >= 0.6 is 24.4 Å². The van der Waals surface area contributed by atoms with Crippen molar-refractivity contribution in [1.29, 1.82) is 0 Å². The van der Waals surface area contributed by atoms with Crippen LogP contribution in [0.3, 0.4) is 0 Å². The first-order valence-corrected chi connectivity index (χ1v) is 7.51. The molecule has 0 unspecified atom stereocenters. The largest absolute Gasteiger partial charge is 0.480 e. The predicted octanol–water partition coefficient (Wildman–Crippen LogP) is 1.45. The third-order valence-electron chi connectivity index (χ3n) is 2.39. The summed E-state index contributed by atoms with van der Waals surface area (Å²) in [4.78, 5) is 33.9. The molecule has 0 bridgehead atoms. The number of aliphatic carboxylic acids is 1. The highest BCUT2D eigenvalue weighted by molar-refractivity contribution is 8.14. The summed E-state index contributed by atoms with van der Waals surface area (Å²) in [6.07, 6.45) is 0.0841. The summed E-state index contributed by atoms with van der Waals surface area (Å²) in [7, 11) is 0. The first kappa shape index (κ1) is 16.6. The van der Waals surface area contributed by atoms with E-state index in [1.54, 1.807) is 24.3 Å². The van der Waals surface area contributed by atoms with Crippen LogP contribution in [0.2, 0.25) is 0 Å². The minimum atomic E-state index is -1.12. The molecule has 1 rings (SSSR count). The number of carbonyl (C=O) groups is 3. The van der Waals surface area contributed by atoms with Crippen molar-refractivity contribution in [2.24, 2.45) is 0 Å². The van der Waals surface area contributed by atoms with Gasteiger partial charge in [-0.1, -0.05) is 42.1 Å². The van der Waals surface area contributed by atoms with Crippen LogP contribution in [0.5, 0.6) is 0 Å². The van der Waals surface area contributed by atoms with Crippen molar-refractivity contribution >= 4 is 41.4 Å². The summed E-state index contributed by atoms with van der Waals surface area (Å²) >= 11 is 4.88. The zero-order chi connectivity index (χ0) is 15.0. The summed E-state index contributed by atoms with van der Waals surface area (Å²) in [5.74, 6) is -1.20. The van der Waals surface area contributed by atoms with Crippen LogP contribution in [-0.2, 0) is 9.59 Å². The number of carbonyl (C=O) groups excluding carboxylic acids is 2. The fourth-order valence-corrected chi connectivity index (χ4v) is 2.37. The Labute approximate surface area is 126 Å². The molecule has 108 valence electrons. The summed E-state index contributed by atoms with van der Waals surface area (Å²) in [5.41, 5.74) is 0.580.